The van der Waals surface area contributed by atoms with Crippen molar-refractivity contribution in [3.8, 4) is 5.75 Å². The van der Waals surface area contributed by atoms with Crippen LogP contribution < -0.4 is 5.32 Å². The number of hydrogen-bond acceptors (Lipinski definition) is 4. The maximum absolute atomic E-state index is 10.6. The monoisotopic (exact) mass is 278 g/mol. The van der Waals surface area contributed by atoms with E-state index in [2.05, 4.69) is 5.32 Å². The van der Waals surface area contributed by atoms with Crippen LogP contribution in [0.2, 0.25) is 5.02 Å². The third-order valence-electron chi connectivity index (χ3n) is 2.49. The summed E-state index contributed by atoms with van der Waals surface area (Å²) >= 11 is 5.75. The van der Waals surface area contributed by atoms with E-state index in [9.17, 15) is 15.2 Å². The molecule has 0 atom stereocenters. The molecule has 1 saturated carbocycles. The lowest BCUT2D eigenvalue weighted by atomic mass is 10.1. The van der Waals surface area contributed by atoms with Crippen LogP contribution in [0.5, 0.6) is 5.75 Å². The fourth-order valence-corrected chi connectivity index (χ4v) is 1.69. The van der Waals surface area contributed by atoms with Gasteiger partial charge in [-0.3, -0.25) is 10.1 Å². The minimum atomic E-state index is -0.637. The number of nitrogens with zero attached hydrogens (tertiary/aromatic N) is 1. The number of rotatable bonds is 4. The molecule has 1 aliphatic carbocycles. The Kier molecular flexibility index (Phi) is 4.56. The van der Waals surface area contributed by atoms with Crippen molar-refractivity contribution >= 4 is 29.7 Å². The number of halogens is 2. The maximum atomic E-state index is 10.6. The summed E-state index contributed by atoms with van der Waals surface area (Å²) in [6.07, 6.45) is 2.23. The van der Waals surface area contributed by atoms with Gasteiger partial charge in [0, 0.05) is 29.2 Å². The number of benzene rings is 1. The van der Waals surface area contributed by atoms with Crippen LogP contribution in [-0.2, 0) is 6.54 Å². The molecule has 1 aromatic rings. The highest BCUT2D eigenvalue weighted by Gasteiger charge is 2.23. The first kappa shape index (κ1) is 14.0. The van der Waals surface area contributed by atoms with Crippen LogP contribution in [0.25, 0.3) is 0 Å². The number of nitro benzene ring substituents is 1. The first-order chi connectivity index (χ1) is 7.58. The van der Waals surface area contributed by atoms with Gasteiger partial charge in [-0.1, -0.05) is 11.6 Å². The van der Waals surface area contributed by atoms with Gasteiger partial charge in [-0.2, -0.15) is 0 Å². The van der Waals surface area contributed by atoms with Crippen LogP contribution in [0.15, 0.2) is 12.1 Å². The molecule has 0 radical (unpaired) electrons. The SMILES string of the molecule is Cl.O=[N+]([O-])c1cc(Cl)cc(CNC2CC2)c1O. The molecule has 0 aliphatic heterocycles. The van der Waals surface area contributed by atoms with Gasteiger partial charge in [-0.15, -0.1) is 12.4 Å². The average Bonchev–Trinajstić information content (AvgIpc) is 3.02. The van der Waals surface area contributed by atoms with E-state index in [1.54, 1.807) is 6.07 Å². The van der Waals surface area contributed by atoms with Crippen LogP contribution in [-0.4, -0.2) is 16.1 Å². The Morgan fingerprint density at radius 1 is 1.53 bits per heavy atom. The van der Waals surface area contributed by atoms with Gasteiger partial charge in [0.15, 0.2) is 5.75 Å². The molecule has 2 N–H and O–H groups in total. The second-order valence-electron chi connectivity index (χ2n) is 3.84. The Bertz CT molecular complexity index is 436. The Balaban J connectivity index is 0.00000144. The second kappa shape index (κ2) is 5.53. The smallest absolute Gasteiger partial charge is 0.312 e. The van der Waals surface area contributed by atoms with Gasteiger partial charge in [-0.05, 0) is 18.9 Å². The quantitative estimate of drug-likeness (QED) is 0.656. The van der Waals surface area contributed by atoms with E-state index < -0.39 is 4.92 Å². The van der Waals surface area contributed by atoms with Crippen LogP contribution in [0.4, 0.5) is 5.69 Å². The number of phenolic OH excluding ortho intramolecular Hbond substituents is 1. The predicted molar refractivity (Wildman–Crippen MR) is 66.9 cm³/mol. The van der Waals surface area contributed by atoms with E-state index in [1.165, 1.54) is 0 Å². The molecule has 7 heteroatoms. The fourth-order valence-electron chi connectivity index (χ4n) is 1.46. The number of phenols is 1. The number of hydrogen-bond donors (Lipinski definition) is 2. The van der Waals surface area contributed by atoms with E-state index in [0.717, 1.165) is 18.9 Å². The molecule has 0 amide bonds. The lowest BCUT2D eigenvalue weighted by Crippen LogP contribution is -2.15. The fraction of sp³-hybridized carbons (Fsp3) is 0.400. The molecule has 1 fully saturated rings. The Hall–Kier alpha value is -1.04. The van der Waals surface area contributed by atoms with Crippen LogP contribution in [0.1, 0.15) is 18.4 Å². The van der Waals surface area contributed by atoms with Crippen LogP contribution in [0.3, 0.4) is 0 Å². The van der Waals surface area contributed by atoms with Gasteiger partial charge in [0.2, 0.25) is 0 Å². The molecule has 0 saturated heterocycles. The molecule has 17 heavy (non-hydrogen) atoms. The number of nitrogens with one attached hydrogen (secondary N) is 1. The summed E-state index contributed by atoms with van der Waals surface area (Å²) < 4.78 is 0. The van der Waals surface area contributed by atoms with Crippen molar-refractivity contribution in [2.24, 2.45) is 0 Å². The molecular formula is C10H12Cl2N2O3. The van der Waals surface area contributed by atoms with Gasteiger partial charge in [0.1, 0.15) is 0 Å². The lowest BCUT2D eigenvalue weighted by Gasteiger charge is -2.06. The summed E-state index contributed by atoms with van der Waals surface area (Å²) in [6.45, 7) is 0.401. The Morgan fingerprint density at radius 3 is 2.71 bits per heavy atom. The summed E-state index contributed by atoms with van der Waals surface area (Å²) in [4.78, 5) is 10.0. The summed E-state index contributed by atoms with van der Waals surface area (Å²) in [7, 11) is 0. The predicted octanol–water partition coefficient (Wildman–Crippen LogP) is 2.63. The normalized spacial score (nSPS) is 14.2. The minimum Gasteiger partial charge on any atom is -0.502 e. The molecule has 0 unspecified atom stereocenters. The van der Waals surface area contributed by atoms with Crippen molar-refractivity contribution in [2.45, 2.75) is 25.4 Å². The van der Waals surface area contributed by atoms with E-state index in [4.69, 9.17) is 11.6 Å². The second-order valence-corrected chi connectivity index (χ2v) is 4.28. The van der Waals surface area contributed by atoms with Crippen molar-refractivity contribution in [2.75, 3.05) is 0 Å². The first-order valence-corrected chi connectivity index (χ1v) is 5.35. The van der Waals surface area contributed by atoms with Gasteiger partial charge in [0.25, 0.3) is 0 Å². The van der Waals surface area contributed by atoms with Crippen molar-refractivity contribution in [3.05, 3.63) is 32.8 Å². The molecule has 5 nitrogen and oxygen atoms in total. The van der Waals surface area contributed by atoms with Gasteiger partial charge in [-0.25, -0.2) is 0 Å². The van der Waals surface area contributed by atoms with Gasteiger partial charge < -0.3 is 10.4 Å². The zero-order valence-corrected chi connectivity index (χ0v) is 10.4. The van der Waals surface area contributed by atoms with Crippen LogP contribution >= 0.6 is 24.0 Å². The van der Waals surface area contributed by atoms with E-state index in [-0.39, 0.29) is 28.9 Å². The number of aromatic hydroxyl groups is 1. The summed E-state index contributed by atoms with van der Waals surface area (Å²) in [5.41, 5.74) is 0.117. The third-order valence-corrected chi connectivity index (χ3v) is 2.71. The molecule has 0 heterocycles. The molecule has 1 aromatic carbocycles. The zero-order valence-electron chi connectivity index (χ0n) is 8.85. The topological polar surface area (TPSA) is 75.4 Å². The largest absolute Gasteiger partial charge is 0.502 e. The summed E-state index contributed by atoms with van der Waals surface area (Å²) in [5, 5.41) is 23.7. The maximum Gasteiger partial charge on any atom is 0.312 e. The lowest BCUT2D eigenvalue weighted by molar-refractivity contribution is -0.385. The molecule has 1 aliphatic rings. The molecular weight excluding hydrogens is 267 g/mol. The van der Waals surface area contributed by atoms with Gasteiger partial charge in [0.05, 0.1) is 4.92 Å². The van der Waals surface area contributed by atoms with Crippen molar-refractivity contribution in [3.63, 3.8) is 0 Å². The summed E-state index contributed by atoms with van der Waals surface area (Å²) in [6, 6.07) is 3.16. The standard InChI is InChI=1S/C10H11ClN2O3.ClH/c11-7-3-6(5-12-8-1-2-8)10(14)9(4-7)13(15)16;/h3-4,8,12,14H,1-2,5H2;1H. The molecule has 0 spiro atoms. The van der Waals surface area contributed by atoms with Crippen molar-refractivity contribution < 1.29 is 10.0 Å². The Morgan fingerprint density at radius 2 is 2.18 bits per heavy atom. The molecule has 2 rings (SSSR count). The highest BCUT2D eigenvalue weighted by atomic mass is 35.5. The Labute approximate surface area is 109 Å². The summed E-state index contributed by atoms with van der Waals surface area (Å²) in [5.74, 6) is -0.303. The highest BCUT2D eigenvalue weighted by molar-refractivity contribution is 6.31. The van der Waals surface area contributed by atoms with Gasteiger partial charge >= 0.3 is 5.69 Å². The van der Waals surface area contributed by atoms with Crippen LogP contribution in [0, 0.1) is 10.1 Å². The highest BCUT2D eigenvalue weighted by Crippen LogP contribution is 2.33. The minimum absolute atomic E-state index is 0. The first-order valence-electron chi connectivity index (χ1n) is 4.97. The molecule has 0 aromatic heterocycles. The number of nitro groups is 1. The zero-order chi connectivity index (χ0) is 11.7. The molecule has 94 valence electrons. The third kappa shape index (κ3) is 3.46. The van der Waals surface area contributed by atoms with E-state index >= 15 is 0 Å². The van der Waals surface area contributed by atoms with E-state index in [0.29, 0.717) is 18.2 Å². The van der Waals surface area contributed by atoms with E-state index in [1.807, 2.05) is 0 Å². The van der Waals surface area contributed by atoms with Crippen molar-refractivity contribution in [1.29, 1.82) is 0 Å². The molecule has 0 bridgehead atoms. The average molecular weight is 279 g/mol. The van der Waals surface area contributed by atoms with Crippen molar-refractivity contribution in [1.82, 2.24) is 5.32 Å².